The summed E-state index contributed by atoms with van der Waals surface area (Å²) in [5.74, 6) is 0.475. The molecule has 13 rings (SSSR count). The number of imidazole rings is 1. The van der Waals surface area contributed by atoms with Gasteiger partial charge in [-0.3, -0.25) is 4.57 Å². The van der Waals surface area contributed by atoms with Crippen molar-refractivity contribution in [3.05, 3.63) is 242 Å². The average molecular weight is 1120 g/mol. The molecule has 0 saturated heterocycles. The summed E-state index contributed by atoms with van der Waals surface area (Å²) in [6.45, 7) is 4.06. The van der Waals surface area contributed by atoms with Gasteiger partial charge in [0.15, 0.2) is 0 Å². The molecule has 0 amide bonds. The maximum atomic E-state index is 9.44. The number of para-hydroxylation sites is 6. The third-order valence-electron chi connectivity index (χ3n) is 13.3. The molecule has 0 spiro atoms. The molecule has 4 aromatic heterocycles. The quantitative estimate of drug-likeness (QED) is 0.0957. The number of nitrogens with zero attached hydrogens (tertiary/aromatic N) is 5. The molecule has 7 heteroatoms. The van der Waals surface area contributed by atoms with Gasteiger partial charge in [0.1, 0.15) is 5.82 Å². The van der Waals surface area contributed by atoms with Gasteiger partial charge in [0.2, 0.25) is 0 Å². The predicted molar refractivity (Wildman–Crippen MR) is 288 cm³/mol. The number of pyridine rings is 1. The Labute approximate surface area is 448 Å². The Balaban J connectivity index is 0.00000680. The van der Waals surface area contributed by atoms with Crippen LogP contribution in [0, 0.1) is 18.5 Å². The molecule has 0 aliphatic heterocycles. The zero-order valence-corrected chi connectivity index (χ0v) is 41.2. The number of aromatic nitrogens is 5. The average Bonchev–Trinajstić information content (AvgIpc) is 2.58. The maximum Gasteiger partial charge on any atom is 0.268 e. The molecule has 9 aromatic carbocycles. The molecule has 0 saturated carbocycles. The maximum absolute atomic E-state index is 9.44. The standard InChI is InChI=1S/C65H47N5O.Pt/c1-3-44(4-2)47-37-38-66-63(39-47)70-58-34-16-13-29-55(58)64-61(69-56-32-14-11-27-53(56)54-28-12-15-33-57(54)69)41-50(42-62(64)70)71-49-26-19-25-48(40-49)67-43-68(60-36-18-17-35-59(60)67)65-51(45-21-7-5-8-22-45)30-20-31-52(65)46-23-9-6-10-24-46;/h5-39,41,44H,3-4H2,1-2H3;/q-2;/i5D,6D,7D,8D,9D,10D,21D,22D,23D,24D,44D;. The van der Waals surface area contributed by atoms with Crippen molar-refractivity contribution < 1.29 is 45.4 Å². The van der Waals surface area contributed by atoms with E-state index in [1.165, 1.54) is 0 Å². The van der Waals surface area contributed by atoms with Crippen molar-refractivity contribution >= 4 is 54.6 Å². The first-order chi connectivity index (χ1) is 39.6. The normalized spacial score (nSPS) is 13.9. The van der Waals surface area contributed by atoms with E-state index in [0.717, 1.165) is 49.3 Å². The third kappa shape index (κ3) is 7.53. The van der Waals surface area contributed by atoms with E-state index in [9.17, 15) is 1.37 Å². The van der Waals surface area contributed by atoms with Crippen molar-refractivity contribution in [1.29, 1.82) is 0 Å². The van der Waals surface area contributed by atoms with E-state index in [2.05, 4.69) is 64.0 Å². The third-order valence-corrected chi connectivity index (χ3v) is 13.3. The van der Waals surface area contributed by atoms with E-state index in [0.29, 0.717) is 52.4 Å². The van der Waals surface area contributed by atoms with Crippen LogP contribution < -0.4 is 9.30 Å². The first kappa shape index (κ1) is 34.1. The van der Waals surface area contributed by atoms with Crippen LogP contribution in [-0.2, 0) is 21.1 Å². The number of benzene rings is 9. The Kier molecular flexibility index (Phi) is 8.89. The summed E-state index contributed by atoms with van der Waals surface area (Å²) in [5, 5.41) is 4.03. The minimum atomic E-state index is -0.828. The Hall–Kier alpha value is -8.31. The number of rotatable bonds is 11. The Bertz CT molecular complexity index is 4620. The van der Waals surface area contributed by atoms with Gasteiger partial charge in [-0.25, -0.2) is 4.98 Å². The van der Waals surface area contributed by atoms with Crippen LogP contribution >= 0.6 is 0 Å². The zero-order chi connectivity index (χ0) is 57.0. The Morgan fingerprint density at radius 1 is 0.597 bits per heavy atom. The zero-order valence-electron chi connectivity index (χ0n) is 49.9. The van der Waals surface area contributed by atoms with Crippen LogP contribution in [0.3, 0.4) is 0 Å². The van der Waals surface area contributed by atoms with E-state index in [4.69, 9.17) is 23.4 Å². The van der Waals surface area contributed by atoms with Gasteiger partial charge >= 0.3 is 0 Å². The fraction of sp³-hybridized carbons (Fsp3) is 0.0769. The molecule has 4 heterocycles. The van der Waals surface area contributed by atoms with Crippen LogP contribution in [0.25, 0.3) is 99.8 Å². The molecule has 0 aliphatic carbocycles. The predicted octanol–water partition coefficient (Wildman–Crippen LogP) is 15.9. The topological polar surface area (TPSA) is 40.8 Å². The number of fused-ring (bicyclic) bond motifs is 7. The van der Waals surface area contributed by atoms with Gasteiger partial charge in [-0.15, -0.1) is 24.3 Å². The summed E-state index contributed by atoms with van der Waals surface area (Å²) < 4.78 is 112. The van der Waals surface area contributed by atoms with Crippen molar-refractivity contribution in [2.45, 2.75) is 32.6 Å². The van der Waals surface area contributed by atoms with Crippen LogP contribution in [0.5, 0.6) is 11.5 Å². The largest absolute Gasteiger partial charge is 0.510 e. The van der Waals surface area contributed by atoms with E-state index in [-0.39, 0.29) is 49.0 Å². The van der Waals surface area contributed by atoms with Gasteiger partial charge in [-0.1, -0.05) is 182 Å². The van der Waals surface area contributed by atoms with Gasteiger partial charge in [0.05, 0.1) is 41.5 Å². The fourth-order valence-corrected chi connectivity index (χ4v) is 10.1. The monoisotopic (exact) mass is 1120 g/mol. The summed E-state index contributed by atoms with van der Waals surface area (Å²) in [4.78, 5) is 4.96. The van der Waals surface area contributed by atoms with Crippen molar-refractivity contribution in [2.24, 2.45) is 0 Å². The van der Waals surface area contributed by atoms with Crippen molar-refractivity contribution in [1.82, 2.24) is 18.7 Å². The van der Waals surface area contributed by atoms with Crippen LogP contribution in [0.1, 0.15) is 53.2 Å². The molecule has 0 fully saturated rings. The van der Waals surface area contributed by atoms with Crippen LogP contribution in [0.15, 0.2) is 218 Å². The minimum absolute atomic E-state index is 0. The van der Waals surface area contributed by atoms with Gasteiger partial charge in [-0.2, -0.15) is 12.1 Å². The molecule has 0 bridgehead atoms. The number of ether oxygens (including phenoxy) is 1. The summed E-state index contributed by atoms with van der Waals surface area (Å²) in [6.07, 6.45) is 6.45. The van der Waals surface area contributed by atoms with Gasteiger partial charge in [0.25, 0.3) is 6.33 Å². The second-order valence-corrected chi connectivity index (χ2v) is 17.1. The van der Waals surface area contributed by atoms with Crippen molar-refractivity contribution in [3.63, 3.8) is 0 Å². The Morgan fingerprint density at radius 2 is 1.18 bits per heavy atom. The molecule has 350 valence electrons. The van der Waals surface area contributed by atoms with E-state index in [1.807, 2.05) is 98.8 Å². The molecule has 72 heavy (non-hydrogen) atoms. The second kappa shape index (κ2) is 18.8. The molecule has 0 atom stereocenters. The van der Waals surface area contributed by atoms with Gasteiger partial charge in [-0.05, 0) is 93.6 Å². The van der Waals surface area contributed by atoms with E-state index >= 15 is 0 Å². The summed E-state index contributed by atoms with van der Waals surface area (Å²) in [7, 11) is 0. The van der Waals surface area contributed by atoms with E-state index in [1.54, 1.807) is 45.7 Å². The van der Waals surface area contributed by atoms with Crippen LogP contribution in [0.4, 0.5) is 0 Å². The van der Waals surface area contributed by atoms with Gasteiger partial charge < -0.3 is 18.4 Å². The van der Waals surface area contributed by atoms with Crippen molar-refractivity contribution in [3.8, 4) is 56.6 Å². The molecule has 0 radical (unpaired) electrons. The molecular formula is C65H47N5OPt-2. The molecule has 13 aromatic rings. The molecule has 0 unspecified atom stereocenters. The molecular weight excluding hydrogens is 1060 g/mol. The molecule has 6 nitrogen and oxygen atoms in total. The van der Waals surface area contributed by atoms with E-state index < -0.39 is 66.3 Å². The minimum Gasteiger partial charge on any atom is -0.510 e. The number of hydrogen-bond acceptors (Lipinski definition) is 2. The van der Waals surface area contributed by atoms with Gasteiger partial charge in [0, 0.05) is 56.4 Å². The van der Waals surface area contributed by atoms with Crippen LogP contribution in [0.2, 0.25) is 0 Å². The first-order valence-corrected chi connectivity index (χ1v) is 23.5. The van der Waals surface area contributed by atoms with Crippen LogP contribution in [-0.4, -0.2) is 18.7 Å². The summed E-state index contributed by atoms with van der Waals surface area (Å²) in [5.41, 5.74) is 6.90. The molecule has 0 aliphatic rings. The summed E-state index contributed by atoms with van der Waals surface area (Å²) in [6, 6.07) is 50.0. The molecule has 0 N–H and O–H groups in total. The van der Waals surface area contributed by atoms with Crippen molar-refractivity contribution in [2.75, 3.05) is 0 Å². The SMILES string of the molecule is [2H]c1c([2H])c([2H])c(-c2cccc(-c3c([2H])c([2H])c([2H])c([2H])c3[2H])c2-[n+]2[c-]n(-c3[c-]c(Oc4[c-]c5c(c(-n6c7ccccc7c7ccccc76)c4)c4ccccc4n5-c4cc(C([2H])(CC)CC)ccn4)ccc3)c3ccccc32)c([2H])c1[2H].[Pt]. The second-order valence-electron chi connectivity index (χ2n) is 17.1. The summed E-state index contributed by atoms with van der Waals surface area (Å²) >= 11 is 0. The Morgan fingerprint density at radius 3 is 1.83 bits per heavy atom. The smallest absolute Gasteiger partial charge is 0.268 e. The fourth-order valence-electron chi connectivity index (χ4n) is 10.1. The number of hydrogen-bond donors (Lipinski definition) is 0. The first-order valence-electron chi connectivity index (χ1n) is 29.0.